The maximum Gasteiger partial charge on any atom is 0.0547 e. The summed E-state index contributed by atoms with van der Waals surface area (Å²) < 4.78 is 4.81. The van der Waals surface area contributed by atoms with Gasteiger partial charge in [0.25, 0.3) is 0 Å². The summed E-state index contributed by atoms with van der Waals surface area (Å²) in [5, 5.41) is 5.02. The second-order valence-corrected chi connectivity index (χ2v) is 13.5. The average Bonchev–Trinajstić information content (AvgIpc) is 3.70. The minimum absolute atomic E-state index is 1.16. The van der Waals surface area contributed by atoms with Crippen LogP contribution in [-0.4, -0.2) is 9.13 Å². The summed E-state index contributed by atoms with van der Waals surface area (Å²) in [5.41, 5.74) is 15.7. The molecule has 2 aromatic heterocycles. The molecule has 0 unspecified atom stereocenters. The fourth-order valence-corrected chi connectivity index (χ4v) is 7.94. The number of benzene rings is 8. The Bertz CT molecular complexity index is 2910. The Morgan fingerprint density at radius 2 is 0.765 bits per heavy atom. The number of aromatic nitrogens is 2. The highest BCUT2D eigenvalue weighted by atomic mass is 15.0. The van der Waals surface area contributed by atoms with Crippen LogP contribution in [0.3, 0.4) is 0 Å². The maximum atomic E-state index is 2.41. The molecule has 8 aromatic carbocycles. The summed E-state index contributed by atoms with van der Waals surface area (Å²) >= 11 is 0. The van der Waals surface area contributed by atoms with Crippen LogP contribution in [0.5, 0.6) is 0 Å². The molecule has 0 N–H and O–H groups in total. The van der Waals surface area contributed by atoms with E-state index in [0.29, 0.717) is 0 Å². The summed E-state index contributed by atoms with van der Waals surface area (Å²) in [6.45, 7) is 2.16. The highest BCUT2D eigenvalue weighted by Gasteiger charge is 2.17. The van der Waals surface area contributed by atoms with Crippen LogP contribution in [0.4, 0.5) is 0 Å². The number of para-hydroxylation sites is 2. The minimum Gasteiger partial charge on any atom is -0.309 e. The first-order valence-electron chi connectivity index (χ1n) is 17.6. The van der Waals surface area contributed by atoms with Gasteiger partial charge in [0.1, 0.15) is 0 Å². The summed E-state index contributed by atoms with van der Waals surface area (Å²) in [6, 6.07) is 68.6. The molecule has 0 fully saturated rings. The summed E-state index contributed by atoms with van der Waals surface area (Å²) in [4.78, 5) is 0. The van der Waals surface area contributed by atoms with Crippen molar-refractivity contribution in [2.75, 3.05) is 0 Å². The third-order valence-corrected chi connectivity index (χ3v) is 10.3. The van der Waals surface area contributed by atoms with E-state index in [1.54, 1.807) is 0 Å². The Balaban J connectivity index is 1.15. The van der Waals surface area contributed by atoms with Crippen LogP contribution >= 0.6 is 0 Å². The fourth-order valence-electron chi connectivity index (χ4n) is 7.94. The van der Waals surface area contributed by atoms with Crippen LogP contribution in [0, 0.1) is 6.92 Å². The van der Waals surface area contributed by atoms with Crippen LogP contribution in [0.2, 0.25) is 0 Å². The van der Waals surface area contributed by atoms with Gasteiger partial charge in [0.05, 0.1) is 22.1 Å². The van der Waals surface area contributed by atoms with Crippen molar-refractivity contribution in [3.8, 4) is 44.8 Å². The third kappa shape index (κ3) is 4.87. The molecule has 0 aliphatic heterocycles. The molecule has 0 bridgehead atoms. The van der Waals surface area contributed by atoms with Gasteiger partial charge in [0, 0.05) is 32.9 Å². The maximum absolute atomic E-state index is 2.41. The summed E-state index contributed by atoms with van der Waals surface area (Å²) in [7, 11) is 0. The molecule has 0 aliphatic carbocycles. The second-order valence-electron chi connectivity index (χ2n) is 13.5. The molecule has 0 saturated carbocycles. The topological polar surface area (TPSA) is 9.86 Å². The van der Waals surface area contributed by atoms with E-state index in [4.69, 9.17) is 0 Å². The molecule has 2 heterocycles. The zero-order valence-corrected chi connectivity index (χ0v) is 28.3. The van der Waals surface area contributed by atoms with Gasteiger partial charge in [-0.25, -0.2) is 0 Å². The Hall–Kier alpha value is -6.64. The predicted octanol–water partition coefficient (Wildman–Crippen LogP) is 13.2. The lowest BCUT2D eigenvalue weighted by Gasteiger charge is -2.10. The monoisotopic (exact) mass is 650 g/mol. The SMILES string of the molecule is Cc1cccc(-n2c3ccccc3c3cc(-c4ccc5c(c4)c4ccc(-c6cccc(-c7ccccc7)c6)cc4n5-c4ccccc4)ccc32)c1. The van der Waals surface area contributed by atoms with E-state index in [9.17, 15) is 0 Å². The van der Waals surface area contributed by atoms with E-state index >= 15 is 0 Å². The van der Waals surface area contributed by atoms with Gasteiger partial charge in [-0.3, -0.25) is 0 Å². The van der Waals surface area contributed by atoms with Crippen molar-refractivity contribution in [1.82, 2.24) is 9.13 Å². The smallest absolute Gasteiger partial charge is 0.0547 e. The molecule has 2 nitrogen and oxygen atoms in total. The third-order valence-electron chi connectivity index (χ3n) is 10.3. The molecular weight excluding hydrogens is 617 g/mol. The normalized spacial score (nSPS) is 11.6. The lowest BCUT2D eigenvalue weighted by molar-refractivity contribution is 1.17. The zero-order chi connectivity index (χ0) is 33.9. The molecule has 10 aromatic rings. The van der Waals surface area contributed by atoms with Crippen LogP contribution in [0.1, 0.15) is 5.56 Å². The van der Waals surface area contributed by atoms with Gasteiger partial charge in [-0.15, -0.1) is 0 Å². The van der Waals surface area contributed by atoms with E-state index in [1.165, 1.54) is 88.2 Å². The lowest BCUT2D eigenvalue weighted by atomic mass is 9.97. The highest BCUT2D eigenvalue weighted by molar-refractivity contribution is 6.13. The van der Waals surface area contributed by atoms with Crippen LogP contribution in [-0.2, 0) is 0 Å². The van der Waals surface area contributed by atoms with E-state index in [1.807, 2.05) is 0 Å². The fraction of sp³-hybridized carbons (Fsp3) is 0.0204. The standard InChI is InChI=1S/C49H34N2/c1-33-12-10-19-41(28-33)51-46-21-9-8-20-42(46)44-30-37(24-27-48(44)51)38-23-26-47-45(31-38)43-25-22-39(32-49(43)50(47)40-17-6-3-7-18-40)36-16-11-15-35(29-36)34-13-4-2-5-14-34/h2-32H,1H3. The Morgan fingerprint density at radius 1 is 0.275 bits per heavy atom. The molecule has 2 heteroatoms. The van der Waals surface area contributed by atoms with Gasteiger partial charge in [0.15, 0.2) is 0 Å². The van der Waals surface area contributed by atoms with Gasteiger partial charge in [-0.1, -0.05) is 121 Å². The molecule has 0 atom stereocenters. The van der Waals surface area contributed by atoms with Gasteiger partial charge in [0.2, 0.25) is 0 Å². The first-order chi connectivity index (χ1) is 25.2. The minimum atomic E-state index is 1.16. The summed E-state index contributed by atoms with van der Waals surface area (Å²) in [6.07, 6.45) is 0. The first kappa shape index (κ1) is 29.3. The Morgan fingerprint density at radius 3 is 1.49 bits per heavy atom. The molecule has 0 amide bonds. The van der Waals surface area contributed by atoms with Crippen molar-refractivity contribution in [3.05, 3.63) is 194 Å². The van der Waals surface area contributed by atoms with Gasteiger partial charge < -0.3 is 9.13 Å². The van der Waals surface area contributed by atoms with Gasteiger partial charge in [-0.05, 0) is 113 Å². The summed E-state index contributed by atoms with van der Waals surface area (Å²) in [5.74, 6) is 0. The van der Waals surface area contributed by atoms with Crippen LogP contribution in [0.15, 0.2) is 188 Å². The molecule has 0 saturated heterocycles. The first-order valence-corrected chi connectivity index (χ1v) is 17.6. The quantitative estimate of drug-likeness (QED) is 0.175. The number of fused-ring (bicyclic) bond motifs is 6. The van der Waals surface area contributed by atoms with E-state index in [2.05, 4.69) is 204 Å². The molecule has 10 rings (SSSR count). The largest absolute Gasteiger partial charge is 0.309 e. The van der Waals surface area contributed by atoms with Crippen LogP contribution < -0.4 is 0 Å². The van der Waals surface area contributed by atoms with Crippen molar-refractivity contribution in [3.63, 3.8) is 0 Å². The van der Waals surface area contributed by atoms with E-state index in [-0.39, 0.29) is 0 Å². The van der Waals surface area contributed by atoms with E-state index < -0.39 is 0 Å². The van der Waals surface area contributed by atoms with Crippen molar-refractivity contribution in [2.45, 2.75) is 6.92 Å². The van der Waals surface area contributed by atoms with Crippen LogP contribution in [0.25, 0.3) is 88.4 Å². The van der Waals surface area contributed by atoms with Crippen molar-refractivity contribution in [1.29, 1.82) is 0 Å². The van der Waals surface area contributed by atoms with Gasteiger partial charge >= 0.3 is 0 Å². The average molecular weight is 651 g/mol. The number of aryl methyl sites for hydroxylation is 1. The Labute approximate surface area is 297 Å². The molecule has 240 valence electrons. The second kappa shape index (κ2) is 11.8. The highest BCUT2D eigenvalue weighted by Crippen LogP contribution is 2.39. The Kier molecular flexibility index (Phi) is 6.75. The predicted molar refractivity (Wildman–Crippen MR) is 216 cm³/mol. The number of hydrogen-bond acceptors (Lipinski definition) is 0. The molecule has 0 spiro atoms. The molecule has 0 radical (unpaired) electrons. The zero-order valence-electron chi connectivity index (χ0n) is 28.3. The molecular formula is C49H34N2. The molecule has 51 heavy (non-hydrogen) atoms. The van der Waals surface area contributed by atoms with Crippen molar-refractivity contribution >= 4 is 43.6 Å². The molecule has 0 aliphatic rings. The van der Waals surface area contributed by atoms with Gasteiger partial charge in [-0.2, -0.15) is 0 Å². The van der Waals surface area contributed by atoms with Crippen molar-refractivity contribution in [2.24, 2.45) is 0 Å². The number of rotatable bonds is 5. The number of hydrogen-bond donors (Lipinski definition) is 0. The lowest BCUT2D eigenvalue weighted by Crippen LogP contribution is -1.94. The number of nitrogens with zero attached hydrogens (tertiary/aromatic N) is 2. The van der Waals surface area contributed by atoms with Crippen molar-refractivity contribution < 1.29 is 0 Å². The van der Waals surface area contributed by atoms with E-state index in [0.717, 1.165) is 5.69 Å².